The van der Waals surface area contributed by atoms with Gasteiger partial charge in [0.15, 0.2) is 0 Å². The zero-order chi connectivity index (χ0) is 17.6. The Balaban J connectivity index is 1.98. The fraction of sp³-hybridized carbons (Fsp3) is 0.235. The molecule has 0 radical (unpaired) electrons. The summed E-state index contributed by atoms with van der Waals surface area (Å²) in [6.07, 6.45) is 0.981. The summed E-state index contributed by atoms with van der Waals surface area (Å²) in [5.41, 5.74) is 1.46. The number of hydrogen-bond donors (Lipinski definition) is 2. The van der Waals surface area contributed by atoms with Crippen molar-refractivity contribution >= 4 is 37.5 Å². The minimum Gasteiger partial charge on any atom is -0.326 e. The molecule has 1 amide bonds. The first-order chi connectivity index (χ1) is 11.4. The third-order valence-corrected chi connectivity index (χ3v) is 5.27. The molecule has 7 heteroatoms. The normalized spacial score (nSPS) is 11.2. The van der Waals surface area contributed by atoms with Crippen LogP contribution in [0.15, 0.2) is 57.9 Å². The van der Waals surface area contributed by atoms with Gasteiger partial charge >= 0.3 is 0 Å². The van der Waals surface area contributed by atoms with Crippen molar-refractivity contribution in [1.82, 2.24) is 4.72 Å². The lowest BCUT2D eigenvalue weighted by atomic mass is 10.1. The van der Waals surface area contributed by atoms with Gasteiger partial charge in [-0.25, -0.2) is 13.1 Å². The molecule has 0 bridgehead atoms. The van der Waals surface area contributed by atoms with Gasteiger partial charge in [-0.15, -0.1) is 0 Å². The molecule has 0 fully saturated rings. The molecule has 2 aromatic rings. The fourth-order valence-corrected chi connectivity index (χ4v) is 3.43. The van der Waals surface area contributed by atoms with Crippen molar-refractivity contribution in [2.45, 2.75) is 24.7 Å². The van der Waals surface area contributed by atoms with Crippen molar-refractivity contribution < 1.29 is 13.2 Å². The van der Waals surface area contributed by atoms with E-state index in [9.17, 15) is 13.2 Å². The van der Waals surface area contributed by atoms with Gasteiger partial charge in [-0.3, -0.25) is 4.79 Å². The monoisotopic (exact) mass is 410 g/mol. The molecule has 0 aliphatic heterocycles. The molecule has 5 nitrogen and oxygen atoms in total. The van der Waals surface area contributed by atoms with E-state index in [1.807, 2.05) is 31.2 Å². The van der Waals surface area contributed by atoms with Crippen LogP contribution >= 0.6 is 15.9 Å². The average Bonchev–Trinajstić information content (AvgIpc) is 2.55. The standard InChI is InChI=1S/C17H19BrN2O3S/c1-2-11-19-24(22,23)16-9-7-15(8-10-16)20-17(21)12-13-3-5-14(18)6-4-13/h3-10,19H,2,11-12H2,1H3,(H,20,21). The third kappa shape index (κ3) is 5.43. The predicted molar refractivity (Wildman–Crippen MR) is 98.4 cm³/mol. The minimum absolute atomic E-state index is 0.156. The van der Waals surface area contributed by atoms with Gasteiger partial charge in [0.25, 0.3) is 0 Å². The van der Waals surface area contributed by atoms with Crippen molar-refractivity contribution in [3.8, 4) is 0 Å². The number of carbonyl (C=O) groups excluding carboxylic acids is 1. The van der Waals surface area contributed by atoms with Crippen LogP contribution in [0.2, 0.25) is 0 Å². The lowest BCUT2D eigenvalue weighted by Gasteiger charge is -2.08. The van der Waals surface area contributed by atoms with E-state index in [4.69, 9.17) is 0 Å². The Morgan fingerprint density at radius 3 is 2.25 bits per heavy atom. The number of anilines is 1. The maximum Gasteiger partial charge on any atom is 0.240 e. The van der Waals surface area contributed by atoms with E-state index in [2.05, 4.69) is 26.0 Å². The molecule has 128 valence electrons. The van der Waals surface area contributed by atoms with Crippen molar-refractivity contribution in [2.75, 3.05) is 11.9 Å². The van der Waals surface area contributed by atoms with Gasteiger partial charge in [0.05, 0.1) is 11.3 Å². The number of halogens is 1. The average molecular weight is 411 g/mol. The summed E-state index contributed by atoms with van der Waals surface area (Å²) in [6.45, 7) is 2.29. The zero-order valence-corrected chi connectivity index (χ0v) is 15.7. The third-order valence-electron chi connectivity index (χ3n) is 3.27. The highest BCUT2D eigenvalue weighted by molar-refractivity contribution is 9.10. The number of nitrogens with one attached hydrogen (secondary N) is 2. The van der Waals surface area contributed by atoms with Gasteiger partial charge in [0.1, 0.15) is 0 Å². The molecular formula is C17H19BrN2O3S. The summed E-state index contributed by atoms with van der Waals surface area (Å²) in [4.78, 5) is 12.2. The van der Waals surface area contributed by atoms with Crippen LogP contribution in [0.4, 0.5) is 5.69 Å². The van der Waals surface area contributed by atoms with E-state index in [1.165, 1.54) is 12.1 Å². The van der Waals surface area contributed by atoms with Gasteiger partial charge in [-0.2, -0.15) is 0 Å². The Morgan fingerprint density at radius 1 is 1.04 bits per heavy atom. The van der Waals surface area contributed by atoms with Crippen molar-refractivity contribution in [2.24, 2.45) is 0 Å². The number of rotatable bonds is 7. The first-order valence-corrected chi connectivity index (χ1v) is 9.82. The maximum atomic E-state index is 12.0. The molecule has 0 spiro atoms. The number of sulfonamides is 1. The number of benzene rings is 2. The van der Waals surface area contributed by atoms with Crippen LogP contribution in [-0.2, 0) is 21.2 Å². The molecule has 0 saturated heterocycles. The van der Waals surface area contributed by atoms with E-state index >= 15 is 0 Å². The summed E-state index contributed by atoms with van der Waals surface area (Å²) in [6, 6.07) is 13.6. The topological polar surface area (TPSA) is 75.3 Å². The molecule has 0 saturated carbocycles. The highest BCUT2D eigenvalue weighted by atomic mass is 79.9. The van der Waals surface area contributed by atoms with E-state index in [0.717, 1.165) is 16.5 Å². The second-order valence-corrected chi connectivity index (χ2v) is 7.96. The number of hydrogen-bond acceptors (Lipinski definition) is 3. The Bertz CT molecular complexity index is 788. The van der Waals surface area contributed by atoms with Gasteiger partial charge in [-0.05, 0) is 48.4 Å². The smallest absolute Gasteiger partial charge is 0.240 e. The highest BCUT2D eigenvalue weighted by Crippen LogP contribution is 2.15. The molecule has 0 aliphatic rings. The van der Waals surface area contributed by atoms with Gasteiger partial charge in [0.2, 0.25) is 15.9 Å². The lowest BCUT2D eigenvalue weighted by molar-refractivity contribution is -0.115. The molecule has 0 unspecified atom stereocenters. The highest BCUT2D eigenvalue weighted by Gasteiger charge is 2.13. The van der Waals surface area contributed by atoms with Crippen molar-refractivity contribution in [3.05, 3.63) is 58.6 Å². The lowest BCUT2D eigenvalue weighted by Crippen LogP contribution is -2.24. The molecule has 0 atom stereocenters. The molecule has 0 heterocycles. The summed E-state index contributed by atoms with van der Waals surface area (Å²) in [5.74, 6) is -0.156. The summed E-state index contributed by atoms with van der Waals surface area (Å²) < 4.78 is 27.4. The fourth-order valence-electron chi connectivity index (χ4n) is 2.03. The van der Waals surface area contributed by atoms with E-state index in [-0.39, 0.29) is 17.2 Å². The number of carbonyl (C=O) groups is 1. The van der Waals surface area contributed by atoms with Gasteiger partial charge < -0.3 is 5.32 Å². The van der Waals surface area contributed by atoms with Crippen LogP contribution in [0.5, 0.6) is 0 Å². The van der Waals surface area contributed by atoms with Crippen LogP contribution in [0, 0.1) is 0 Å². The molecule has 2 rings (SSSR count). The first kappa shape index (κ1) is 18.6. The van der Waals surface area contributed by atoms with E-state index in [1.54, 1.807) is 12.1 Å². The second-order valence-electron chi connectivity index (χ2n) is 5.27. The SMILES string of the molecule is CCCNS(=O)(=O)c1ccc(NC(=O)Cc2ccc(Br)cc2)cc1. The van der Waals surface area contributed by atoms with Crippen LogP contribution in [-0.4, -0.2) is 20.9 Å². The Kier molecular flexibility index (Phi) is 6.53. The Morgan fingerprint density at radius 2 is 1.67 bits per heavy atom. The summed E-state index contributed by atoms with van der Waals surface area (Å²) >= 11 is 3.35. The second kappa shape index (κ2) is 8.41. The van der Waals surface area contributed by atoms with Crippen LogP contribution in [0.1, 0.15) is 18.9 Å². The summed E-state index contributed by atoms with van der Waals surface area (Å²) in [7, 11) is -3.49. The molecule has 0 aromatic heterocycles. The van der Waals surface area contributed by atoms with Crippen molar-refractivity contribution in [1.29, 1.82) is 0 Å². The van der Waals surface area contributed by atoms with Crippen molar-refractivity contribution in [3.63, 3.8) is 0 Å². The van der Waals surface area contributed by atoms with Crippen LogP contribution in [0.3, 0.4) is 0 Å². The molecule has 2 aromatic carbocycles. The van der Waals surface area contributed by atoms with Gasteiger partial charge in [-0.1, -0.05) is 35.0 Å². The van der Waals surface area contributed by atoms with Crippen LogP contribution < -0.4 is 10.0 Å². The molecular weight excluding hydrogens is 392 g/mol. The van der Waals surface area contributed by atoms with E-state index in [0.29, 0.717) is 12.2 Å². The molecule has 0 aliphatic carbocycles. The Hall–Kier alpha value is -1.70. The quantitative estimate of drug-likeness (QED) is 0.734. The number of amides is 1. The largest absolute Gasteiger partial charge is 0.326 e. The first-order valence-electron chi connectivity index (χ1n) is 7.55. The van der Waals surface area contributed by atoms with E-state index < -0.39 is 10.0 Å². The summed E-state index contributed by atoms with van der Waals surface area (Å²) in [5, 5.41) is 2.76. The Labute approximate surface area is 150 Å². The van der Waals surface area contributed by atoms with Gasteiger partial charge in [0, 0.05) is 16.7 Å². The van der Waals surface area contributed by atoms with Crippen LogP contribution in [0.25, 0.3) is 0 Å². The minimum atomic E-state index is -3.49. The predicted octanol–water partition coefficient (Wildman–Crippen LogP) is 3.32. The molecule has 2 N–H and O–H groups in total. The molecule has 24 heavy (non-hydrogen) atoms. The maximum absolute atomic E-state index is 12.0. The zero-order valence-electron chi connectivity index (χ0n) is 13.3.